The molecule has 6 nitrogen and oxygen atoms in total. The number of hydrogen-bond acceptors (Lipinski definition) is 4. The van der Waals surface area contributed by atoms with Crippen LogP contribution in [0.15, 0.2) is 31.0 Å². The number of carbonyl (C=O) groups is 1. The van der Waals surface area contributed by atoms with Gasteiger partial charge in [0.15, 0.2) is 0 Å². The Bertz CT molecular complexity index is 610. The highest BCUT2D eigenvalue weighted by Gasteiger charge is 2.28. The Balaban J connectivity index is 1.80. The van der Waals surface area contributed by atoms with Crippen LogP contribution in [0.3, 0.4) is 0 Å². The van der Waals surface area contributed by atoms with Crippen LogP contribution >= 0.6 is 0 Å². The molecule has 1 aliphatic heterocycles. The monoisotopic (exact) mass is 285 g/mol. The Kier molecular flexibility index (Phi) is 3.94. The second-order valence-electron chi connectivity index (χ2n) is 5.40. The molecule has 110 valence electrons. The third-order valence-electron chi connectivity index (χ3n) is 3.99. The molecule has 1 fully saturated rings. The Morgan fingerprint density at radius 2 is 2.33 bits per heavy atom. The first-order valence-electron chi connectivity index (χ1n) is 7.30. The molecule has 21 heavy (non-hydrogen) atoms. The molecular weight excluding hydrogens is 266 g/mol. The summed E-state index contributed by atoms with van der Waals surface area (Å²) in [6.45, 7) is 3.38. The van der Waals surface area contributed by atoms with Crippen LogP contribution in [0.25, 0.3) is 0 Å². The minimum Gasteiger partial charge on any atom is -0.334 e. The molecule has 1 aliphatic rings. The summed E-state index contributed by atoms with van der Waals surface area (Å²) in [5.74, 6) is 0.0324. The minimum absolute atomic E-state index is 0.0324. The average Bonchev–Trinajstić information content (AvgIpc) is 3.01. The number of hydrogen-bond donors (Lipinski definition) is 0. The van der Waals surface area contributed by atoms with Gasteiger partial charge in [-0.2, -0.15) is 5.10 Å². The van der Waals surface area contributed by atoms with Gasteiger partial charge in [0.2, 0.25) is 0 Å². The van der Waals surface area contributed by atoms with E-state index in [9.17, 15) is 4.79 Å². The number of nitrogens with zero attached hydrogens (tertiary/aromatic N) is 5. The van der Waals surface area contributed by atoms with Crippen LogP contribution in [-0.4, -0.2) is 43.1 Å². The molecule has 0 bridgehead atoms. The van der Waals surface area contributed by atoms with E-state index in [2.05, 4.69) is 15.1 Å². The lowest BCUT2D eigenvalue weighted by atomic mass is 10.0. The zero-order valence-electron chi connectivity index (χ0n) is 12.1. The molecule has 0 aliphatic carbocycles. The van der Waals surface area contributed by atoms with Crippen molar-refractivity contribution in [3.8, 4) is 0 Å². The van der Waals surface area contributed by atoms with Crippen LogP contribution in [-0.2, 0) is 6.54 Å². The van der Waals surface area contributed by atoms with Crippen molar-refractivity contribution < 1.29 is 4.79 Å². The van der Waals surface area contributed by atoms with Gasteiger partial charge < -0.3 is 4.90 Å². The smallest absolute Gasteiger partial charge is 0.257 e. The minimum atomic E-state index is 0.0324. The summed E-state index contributed by atoms with van der Waals surface area (Å²) < 4.78 is 1.89. The van der Waals surface area contributed by atoms with Crippen molar-refractivity contribution in [1.82, 2.24) is 24.6 Å². The Hall–Kier alpha value is -2.24. The van der Waals surface area contributed by atoms with Crippen molar-refractivity contribution >= 4 is 5.91 Å². The fourth-order valence-electron chi connectivity index (χ4n) is 2.84. The van der Waals surface area contributed by atoms with Gasteiger partial charge in [0.05, 0.1) is 23.8 Å². The fraction of sp³-hybridized carbons (Fsp3) is 0.467. The fourth-order valence-corrected chi connectivity index (χ4v) is 2.84. The molecule has 6 heteroatoms. The topological polar surface area (TPSA) is 63.9 Å². The Morgan fingerprint density at radius 3 is 3.10 bits per heavy atom. The van der Waals surface area contributed by atoms with Crippen LogP contribution in [0.1, 0.15) is 35.3 Å². The summed E-state index contributed by atoms with van der Waals surface area (Å²) in [5.41, 5.74) is 1.34. The summed E-state index contributed by atoms with van der Waals surface area (Å²) in [7, 11) is 0. The van der Waals surface area contributed by atoms with Crippen LogP contribution in [0.4, 0.5) is 0 Å². The molecule has 1 unspecified atom stereocenters. The van der Waals surface area contributed by atoms with Crippen molar-refractivity contribution in [3.05, 3.63) is 42.2 Å². The molecular formula is C15H19N5O. The zero-order valence-corrected chi connectivity index (χ0v) is 12.1. The Labute approximate surface area is 123 Å². The van der Waals surface area contributed by atoms with Gasteiger partial charge in [0.1, 0.15) is 6.33 Å². The van der Waals surface area contributed by atoms with E-state index in [1.807, 2.05) is 28.8 Å². The molecule has 1 amide bonds. The van der Waals surface area contributed by atoms with Crippen LogP contribution in [0, 0.1) is 6.92 Å². The highest BCUT2D eigenvalue weighted by Crippen LogP contribution is 2.21. The van der Waals surface area contributed by atoms with E-state index in [0.717, 1.165) is 38.0 Å². The van der Waals surface area contributed by atoms with E-state index in [1.54, 1.807) is 12.4 Å². The van der Waals surface area contributed by atoms with Gasteiger partial charge in [-0.15, -0.1) is 0 Å². The highest BCUT2D eigenvalue weighted by molar-refractivity contribution is 5.95. The Morgan fingerprint density at radius 1 is 1.43 bits per heavy atom. The van der Waals surface area contributed by atoms with Crippen LogP contribution in [0.2, 0.25) is 0 Å². The first kappa shape index (κ1) is 13.7. The number of piperidine rings is 1. The van der Waals surface area contributed by atoms with Gasteiger partial charge in [-0.3, -0.25) is 9.48 Å². The van der Waals surface area contributed by atoms with E-state index >= 15 is 0 Å². The predicted molar refractivity (Wildman–Crippen MR) is 77.7 cm³/mol. The first-order valence-corrected chi connectivity index (χ1v) is 7.30. The highest BCUT2D eigenvalue weighted by atomic mass is 16.2. The molecule has 0 aromatic carbocycles. The van der Waals surface area contributed by atoms with Crippen molar-refractivity contribution in [2.24, 2.45) is 0 Å². The average molecular weight is 285 g/mol. The molecule has 0 saturated carbocycles. The lowest BCUT2D eigenvalue weighted by Crippen LogP contribution is -2.46. The SMILES string of the molecule is Cc1ncncc1C(=O)N1CCCCC1Cn1cccn1. The molecule has 1 saturated heterocycles. The van der Waals surface area contributed by atoms with Gasteiger partial charge in [0, 0.05) is 25.1 Å². The lowest BCUT2D eigenvalue weighted by molar-refractivity contribution is 0.0582. The van der Waals surface area contributed by atoms with Crippen LogP contribution < -0.4 is 0 Å². The number of rotatable bonds is 3. The van der Waals surface area contributed by atoms with Gasteiger partial charge in [-0.25, -0.2) is 9.97 Å². The van der Waals surface area contributed by atoms with E-state index in [0.29, 0.717) is 5.56 Å². The second kappa shape index (κ2) is 6.03. The maximum Gasteiger partial charge on any atom is 0.257 e. The normalized spacial score (nSPS) is 18.7. The molecule has 3 rings (SSSR count). The summed E-state index contributed by atoms with van der Waals surface area (Å²) >= 11 is 0. The maximum absolute atomic E-state index is 12.8. The quantitative estimate of drug-likeness (QED) is 0.860. The standard InChI is InChI=1S/C15H19N5O/c1-12-14(9-16-11-17-12)15(21)20-8-3-2-5-13(20)10-19-7-4-6-18-19/h4,6-7,9,11,13H,2-3,5,8,10H2,1H3. The third-order valence-corrected chi connectivity index (χ3v) is 3.99. The molecule has 0 radical (unpaired) electrons. The maximum atomic E-state index is 12.8. The molecule has 0 spiro atoms. The second-order valence-corrected chi connectivity index (χ2v) is 5.40. The van der Waals surface area contributed by atoms with Crippen molar-refractivity contribution in [2.45, 2.75) is 38.8 Å². The molecule has 1 atom stereocenters. The van der Waals surface area contributed by atoms with E-state index in [4.69, 9.17) is 0 Å². The number of aromatic nitrogens is 4. The summed E-state index contributed by atoms with van der Waals surface area (Å²) in [4.78, 5) is 22.8. The van der Waals surface area contributed by atoms with Gasteiger partial charge in [-0.05, 0) is 32.3 Å². The molecule has 0 N–H and O–H groups in total. The number of aryl methyl sites for hydroxylation is 1. The van der Waals surface area contributed by atoms with Gasteiger partial charge in [-0.1, -0.05) is 0 Å². The largest absolute Gasteiger partial charge is 0.334 e. The van der Waals surface area contributed by atoms with Gasteiger partial charge in [0.25, 0.3) is 5.91 Å². The zero-order chi connectivity index (χ0) is 14.7. The van der Waals surface area contributed by atoms with E-state index in [1.165, 1.54) is 6.33 Å². The third kappa shape index (κ3) is 2.94. The molecule has 2 aromatic rings. The van der Waals surface area contributed by atoms with Crippen molar-refractivity contribution in [3.63, 3.8) is 0 Å². The van der Waals surface area contributed by atoms with Crippen molar-refractivity contribution in [2.75, 3.05) is 6.54 Å². The van der Waals surface area contributed by atoms with E-state index in [-0.39, 0.29) is 11.9 Å². The summed E-state index contributed by atoms with van der Waals surface area (Å²) in [5, 5.41) is 4.25. The van der Waals surface area contributed by atoms with E-state index < -0.39 is 0 Å². The number of amides is 1. The molecule has 2 aromatic heterocycles. The number of carbonyl (C=O) groups excluding carboxylic acids is 1. The molecule has 3 heterocycles. The van der Waals surface area contributed by atoms with Crippen LogP contribution in [0.5, 0.6) is 0 Å². The summed E-state index contributed by atoms with van der Waals surface area (Å²) in [6, 6.07) is 2.09. The van der Waals surface area contributed by atoms with Gasteiger partial charge >= 0.3 is 0 Å². The lowest BCUT2D eigenvalue weighted by Gasteiger charge is -2.35. The number of likely N-dealkylation sites (tertiary alicyclic amines) is 1. The first-order chi connectivity index (χ1) is 10.3. The van der Waals surface area contributed by atoms with Crippen molar-refractivity contribution in [1.29, 1.82) is 0 Å². The predicted octanol–water partition coefficient (Wildman–Crippen LogP) is 1.68. The summed E-state index contributed by atoms with van der Waals surface area (Å²) in [6.07, 6.45) is 10.0.